The predicted molar refractivity (Wildman–Crippen MR) is 75.9 cm³/mol. The normalized spacial score (nSPS) is 9.95. The van der Waals surface area contributed by atoms with Crippen molar-refractivity contribution >= 4 is 29.2 Å². The van der Waals surface area contributed by atoms with Gasteiger partial charge in [0.2, 0.25) is 0 Å². The molecule has 1 rings (SSSR count). The van der Waals surface area contributed by atoms with Gasteiger partial charge in [0.15, 0.2) is 6.61 Å². The third-order valence-electron chi connectivity index (χ3n) is 2.38. The lowest BCUT2D eigenvalue weighted by Crippen LogP contribution is -2.41. The second-order valence-corrected chi connectivity index (χ2v) is 5.67. The standard InChI is InChI=1S/C13H18N2O4S/c1-4-5-14-13(18)15-11(16)7-19-12(17)10-6-8(2)20-9(10)3/h6H,4-5,7H2,1-3H3,(H2,14,15,16,18). The van der Waals surface area contributed by atoms with E-state index in [0.29, 0.717) is 12.1 Å². The average molecular weight is 298 g/mol. The quantitative estimate of drug-likeness (QED) is 0.811. The molecule has 1 aromatic heterocycles. The first kappa shape index (κ1) is 16.2. The van der Waals surface area contributed by atoms with Crippen LogP contribution >= 0.6 is 11.3 Å². The molecule has 0 aliphatic carbocycles. The van der Waals surface area contributed by atoms with E-state index >= 15 is 0 Å². The maximum atomic E-state index is 11.7. The van der Waals surface area contributed by atoms with Gasteiger partial charge in [-0.2, -0.15) is 0 Å². The molecule has 6 nitrogen and oxygen atoms in total. The number of urea groups is 1. The molecule has 0 spiro atoms. The fourth-order valence-electron chi connectivity index (χ4n) is 1.49. The molecule has 20 heavy (non-hydrogen) atoms. The van der Waals surface area contributed by atoms with Gasteiger partial charge in [-0.25, -0.2) is 9.59 Å². The molecule has 0 bridgehead atoms. The molecular formula is C13H18N2O4S. The zero-order valence-corrected chi connectivity index (χ0v) is 12.6. The molecule has 0 aromatic carbocycles. The van der Waals surface area contributed by atoms with Crippen LogP contribution in [-0.4, -0.2) is 31.1 Å². The van der Waals surface area contributed by atoms with Crippen LogP contribution in [0.3, 0.4) is 0 Å². The van der Waals surface area contributed by atoms with Crippen LogP contribution < -0.4 is 10.6 Å². The van der Waals surface area contributed by atoms with Crippen LogP contribution in [0.1, 0.15) is 33.5 Å². The molecule has 0 unspecified atom stereocenters. The number of carbonyl (C=O) groups excluding carboxylic acids is 3. The van der Waals surface area contributed by atoms with Crippen molar-refractivity contribution in [1.82, 2.24) is 10.6 Å². The number of carbonyl (C=O) groups is 3. The highest BCUT2D eigenvalue weighted by atomic mass is 32.1. The van der Waals surface area contributed by atoms with Crippen molar-refractivity contribution in [2.45, 2.75) is 27.2 Å². The molecule has 1 heterocycles. The van der Waals surface area contributed by atoms with E-state index in [9.17, 15) is 14.4 Å². The summed E-state index contributed by atoms with van der Waals surface area (Å²) in [6.07, 6.45) is 0.771. The molecule has 0 aliphatic heterocycles. The minimum absolute atomic E-state index is 0.454. The van der Waals surface area contributed by atoms with Crippen molar-refractivity contribution in [1.29, 1.82) is 0 Å². The van der Waals surface area contributed by atoms with Gasteiger partial charge in [-0.05, 0) is 26.3 Å². The van der Waals surface area contributed by atoms with Crippen molar-refractivity contribution in [2.75, 3.05) is 13.2 Å². The van der Waals surface area contributed by atoms with Gasteiger partial charge in [-0.15, -0.1) is 11.3 Å². The predicted octanol–water partition coefficient (Wildman–Crippen LogP) is 1.76. The smallest absolute Gasteiger partial charge is 0.339 e. The Morgan fingerprint density at radius 1 is 1.30 bits per heavy atom. The number of aryl methyl sites for hydroxylation is 2. The first-order valence-electron chi connectivity index (χ1n) is 6.25. The van der Waals surface area contributed by atoms with Crippen LogP contribution in [0.5, 0.6) is 0 Å². The summed E-state index contributed by atoms with van der Waals surface area (Å²) in [6, 6.07) is 1.13. The summed E-state index contributed by atoms with van der Waals surface area (Å²) in [6.45, 7) is 5.60. The summed E-state index contributed by atoms with van der Waals surface area (Å²) in [5.74, 6) is -1.22. The van der Waals surface area contributed by atoms with Gasteiger partial charge < -0.3 is 10.1 Å². The van der Waals surface area contributed by atoms with Crippen LogP contribution in [-0.2, 0) is 9.53 Å². The number of rotatable bonds is 5. The van der Waals surface area contributed by atoms with E-state index in [1.54, 1.807) is 6.07 Å². The van der Waals surface area contributed by atoms with Crippen LogP contribution in [0.15, 0.2) is 6.07 Å². The van der Waals surface area contributed by atoms with Gasteiger partial charge in [-0.1, -0.05) is 6.92 Å². The lowest BCUT2D eigenvalue weighted by Gasteiger charge is -2.06. The maximum absolute atomic E-state index is 11.7. The molecule has 0 saturated heterocycles. The number of imide groups is 1. The highest BCUT2D eigenvalue weighted by molar-refractivity contribution is 7.12. The second kappa shape index (κ2) is 7.64. The van der Waals surface area contributed by atoms with Gasteiger partial charge in [0.1, 0.15) is 0 Å². The third-order valence-corrected chi connectivity index (χ3v) is 3.35. The summed E-state index contributed by atoms with van der Waals surface area (Å²) >= 11 is 1.49. The number of hydrogen-bond donors (Lipinski definition) is 2. The van der Waals surface area contributed by atoms with Gasteiger partial charge in [0, 0.05) is 16.3 Å². The zero-order chi connectivity index (χ0) is 15.1. The van der Waals surface area contributed by atoms with Crippen LogP contribution in [0, 0.1) is 13.8 Å². The second-order valence-electron chi connectivity index (χ2n) is 4.21. The molecule has 0 saturated carbocycles. The molecular weight excluding hydrogens is 280 g/mol. The fourth-order valence-corrected chi connectivity index (χ4v) is 2.40. The molecule has 110 valence electrons. The summed E-state index contributed by atoms with van der Waals surface area (Å²) in [7, 11) is 0. The Kier molecular flexibility index (Phi) is 6.17. The summed E-state index contributed by atoms with van der Waals surface area (Å²) in [5, 5.41) is 4.56. The third kappa shape index (κ3) is 5.00. The van der Waals surface area contributed by atoms with E-state index in [2.05, 4.69) is 10.6 Å². The Morgan fingerprint density at radius 3 is 2.55 bits per heavy atom. The van der Waals surface area contributed by atoms with Crippen molar-refractivity contribution in [3.05, 3.63) is 21.4 Å². The van der Waals surface area contributed by atoms with Crippen molar-refractivity contribution in [3.8, 4) is 0 Å². The van der Waals surface area contributed by atoms with Gasteiger partial charge in [0.25, 0.3) is 5.91 Å². The van der Waals surface area contributed by atoms with Crippen molar-refractivity contribution in [3.63, 3.8) is 0 Å². The zero-order valence-electron chi connectivity index (χ0n) is 11.7. The molecule has 3 amide bonds. The molecule has 0 aliphatic rings. The molecule has 0 radical (unpaired) electrons. The number of esters is 1. The summed E-state index contributed by atoms with van der Waals surface area (Å²) < 4.78 is 4.87. The van der Waals surface area contributed by atoms with E-state index in [1.165, 1.54) is 11.3 Å². The number of amides is 3. The van der Waals surface area contributed by atoms with Gasteiger partial charge >= 0.3 is 12.0 Å². The van der Waals surface area contributed by atoms with E-state index in [-0.39, 0.29) is 0 Å². The number of ether oxygens (including phenoxy) is 1. The van der Waals surface area contributed by atoms with Crippen LogP contribution in [0.25, 0.3) is 0 Å². The maximum Gasteiger partial charge on any atom is 0.339 e. The topological polar surface area (TPSA) is 84.5 Å². The van der Waals surface area contributed by atoms with E-state index in [1.807, 2.05) is 20.8 Å². The largest absolute Gasteiger partial charge is 0.452 e. The summed E-state index contributed by atoms with van der Waals surface area (Å²) in [4.78, 5) is 36.2. The van der Waals surface area contributed by atoms with Gasteiger partial charge in [0.05, 0.1) is 5.56 Å². The highest BCUT2D eigenvalue weighted by Crippen LogP contribution is 2.21. The Morgan fingerprint density at radius 2 is 2.00 bits per heavy atom. The first-order valence-corrected chi connectivity index (χ1v) is 7.07. The Bertz CT molecular complexity index is 510. The van der Waals surface area contributed by atoms with Crippen LogP contribution in [0.2, 0.25) is 0 Å². The van der Waals surface area contributed by atoms with Gasteiger partial charge in [-0.3, -0.25) is 10.1 Å². The van der Waals surface area contributed by atoms with E-state index in [4.69, 9.17) is 4.74 Å². The number of hydrogen-bond acceptors (Lipinski definition) is 5. The Hall–Kier alpha value is -1.89. The average Bonchev–Trinajstić information content (AvgIpc) is 2.72. The molecule has 0 fully saturated rings. The molecule has 1 aromatic rings. The molecule has 0 atom stereocenters. The number of nitrogens with one attached hydrogen (secondary N) is 2. The minimum atomic E-state index is -0.656. The Balaban J connectivity index is 2.39. The fraction of sp³-hybridized carbons (Fsp3) is 0.462. The lowest BCUT2D eigenvalue weighted by atomic mass is 10.2. The van der Waals surface area contributed by atoms with Crippen molar-refractivity contribution in [2.24, 2.45) is 0 Å². The first-order chi connectivity index (χ1) is 9.43. The summed E-state index contributed by atoms with van der Waals surface area (Å²) in [5.41, 5.74) is 0.454. The monoisotopic (exact) mass is 298 g/mol. The van der Waals surface area contributed by atoms with Crippen molar-refractivity contribution < 1.29 is 19.1 Å². The Labute approximate surface area is 121 Å². The van der Waals surface area contributed by atoms with E-state index < -0.39 is 24.5 Å². The molecule has 7 heteroatoms. The highest BCUT2D eigenvalue weighted by Gasteiger charge is 2.15. The van der Waals surface area contributed by atoms with Crippen LogP contribution in [0.4, 0.5) is 4.79 Å². The minimum Gasteiger partial charge on any atom is -0.452 e. The molecule has 2 N–H and O–H groups in total. The lowest BCUT2D eigenvalue weighted by molar-refractivity contribution is -0.123. The SMILES string of the molecule is CCCNC(=O)NC(=O)COC(=O)c1cc(C)sc1C. The van der Waals surface area contributed by atoms with E-state index in [0.717, 1.165) is 16.2 Å². The number of thiophene rings is 1.